The number of benzene rings is 2. The van der Waals surface area contributed by atoms with Crippen molar-refractivity contribution in [2.45, 2.75) is 33.9 Å². The fraction of sp³-hybridized carbons (Fsp3) is 0.333. The Labute approximate surface area is 121 Å². The standard InChI is InChI=1S/C18H23NO/c1-13-9-15(3)17(10-14(13)2)12-19-11-16-5-7-18(20-4)8-6-16/h5-10,19H,11-12H2,1-4H3. The molecule has 0 unspecified atom stereocenters. The van der Waals surface area contributed by atoms with Crippen molar-refractivity contribution in [2.24, 2.45) is 0 Å². The smallest absolute Gasteiger partial charge is 0.118 e. The molecule has 2 heteroatoms. The Morgan fingerprint density at radius 1 is 0.850 bits per heavy atom. The molecule has 2 aromatic carbocycles. The summed E-state index contributed by atoms with van der Waals surface area (Å²) in [7, 11) is 1.69. The second-order valence-electron chi connectivity index (χ2n) is 5.31. The lowest BCUT2D eigenvalue weighted by Crippen LogP contribution is -2.13. The van der Waals surface area contributed by atoms with Crippen LogP contribution in [0.2, 0.25) is 0 Å². The fourth-order valence-electron chi connectivity index (χ4n) is 2.30. The maximum atomic E-state index is 5.16. The van der Waals surface area contributed by atoms with Gasteiger partial charge in [-0.3, -0.25) is 0 Å². The molecule has 0 fully saturated rings. The summed E-state index contributed by atoms with van der Waals surface area (Å²) in [5, 5.41) is 3.50. The lowest BCUT2D eigenvalue weighted by atomic mass is 10.0. The molecule has 2 nitrogen and oxygen atoms in total. The molecule has 0 bridgehead atoms. The number of aryl methyl sites for hydroxylation is 3. The van der Waals surface area contributed by atoms with Crippen LogP contribution in [0, 0.1) is 20.8 Å². The molecule has 106 valence electrons. The summed E-state index contributed by atoms with van der Waals surface area (Å²) in [5.41, 5.74) is 6.72. The van der Waals surface area contributed by atoms with Gasteiger partial charge in [-0.15, -0.1) is 0 Å². The van der Waals surface area contributed by atoms with Crippen LogP contribution in [0.5, 0.6) is 5.75 Å². The van der Waals surface area contributed by atoms with E-state index in [2.05, 4.69) is 50.4 Å². The zero-order valence-corrected chi connectivity index (χ0v) is 12.8. The van der Waals surface area contributed by atoms with Gasteiger partial charge in [0.25, 0.3) is 0 Å². The Balaban J connectivity index is 1.94. The minimum atomic E-state index is 0.871. The summed E-state index contributed by atoms with van der Waals surface area (Å²) in [6, 6.07) is 12.7. The number of hydrogen-bond donors (Lipinski definition) is 1. The van der Waals surface area contributed by atoms with Crippen molar-refractivity contribution in [1.29, 1.82) is 0 Å². The van der Waals surface area contributed by atoms with Gasteiger partial charge in [0.1, 0.15) is 5.75 Å². The van der Waals surface area contributed by atoms with Gasteiger partial charge in [0, 0.05) is 13.1 Å². The molecule has 0 saturated carbocycles. The van der Waals surface area contributed by atoms with Gasteiger partial charge in [-0.2, -0.15) is 0 Å². The summed E-state index contributed by atoms with van der Waals surface area (Å²) in [4.78, 5) is 0. The van der Waals surface area contributed by atoms with E-state index in [4.69, 9.17) is 4.74 Å². The molecular weight excluding hydrogens is 246 g/mol. The molecule has 0 aliphatic heterocycles. The molecule has 0 heterocycles. The average Bonchev–Trinajstić information content (AvgIpc) is 2.45. The predicted octanol–water partition coefficient (Wildman–Crippen LogP) is 3.91. The number of hydrogen-bond acceptors (Lipinski definition) is 2. The van der Waals surface area contributed by atoms with Crippen LogP contribution in [-0.2, 0) is 13.1 Å². The van der Waals surface area contributed by atoms with Crippen LogP contribution in [-0.4, -0.2) is 7.11 Å². The molecule has 0 aliphatic rings. The van der Waals surface area contributed by atoms with Crippen molar-refractivity contribution in [2.75, 3.05) is 7.11 Å². The molecule has 2 rings (SSSR count). The Hall–Kier alpha value is -1.80. The zero-order valence-electron chi connectivity index (χ0n) is 12.8. The predicted molar refractivity (Wildman–Crippen MR) is 84.2 cm³/mol. The summed E-state index contributed by atoms with van der Waals surface area (Å²) in [6.45, 7) is 8.28. The van der Waals surface area contributed by atoms with Crippen LogP contribution in [0.15, 0.2) is 36.4 Å². The summed E-state index contributed by atoms with van der Waals surface area (Å²) >= 11 is 0. The quantitative estimate of drug-likeness (QED) is 0.888. The maximum Gasteiger partial charge on any atom is 0.118 e. The van der Waals surface area contributed by atoms with Crippen molar-refractivity contribution in [3.05, 3.63) is 64.2 Å². The SMILES string of the molecule is COc1ccc(CNCc2cc(C)c(C)cc2C)cc1. The van der Waals surface area contributed by atoms with Crippen molar-refractivity contribution in [3.63, 3.8) is 0 Å². The third-order valence-electron chi connectivity index (χ3n) is 3.76. The highest BCUT2D eigenvalue weighted by Crippen LogP contribution is 2.15. The number of rotatable bonds is 5. The maximum absolute atomic E-state index is 5.16. The van der Waals surface area contributed by atoms with E-state index in [1.807, 2.05) is 12.1 Å². The van der Waals surface area contributed by atoms with Crippen molar-refractivity contribution in [3.8, 4) is 5.75 Å². The molecule has 0 radical (unpaired) electrons. The molecule has 2 aromatic rings. The van der Waals surface area contributed by atoms with E-state index in [9.17, 15) is 0 Å². The van der Waals surface area contributed by atoms with Gasteiger partial charge in [-0.1, -0.05) is 24.3 Å². The Bertz CT molecular complexity index is 573. The zero-order chi connectivity index (χ0) is 14.5. The van der Waals surface area contributed by atoms with E-state index in [0.717, 1.165) is 18.8 Å². The molecular formula is C18H23NO. The minimum absolute atomic E-state index is 0.871. The average molecular weight is 269 g/mol. The van der Waals surface area contributed by atoms with Gasteiger partial charge < -0.3 is 10.1 Å². The van der Waals surface area contributed by atoms with Crippen LogP contribution < -0.4 is 10.1 Å². The second-order valence-corrected chi connectivity index (χ2v) is 5.31. The molecule has 0 aromatic heterocycles. The third-order valence-corrected chi connectivity index (χ3v) is 3.76. The summed E-state index contributed by atoms with van der Waals surface area (Å²) in [6.07, 6.45) is 0. The van der Waals surface area contributed by atoms with Gasteiger partial charge in [-0.25, -0.2) is 0 Å². The monoisotopic (exact) mass is 269 g/mol. The molecule has 0 atom stereocenters. The molecule has 0 saturated heterocycles. The molecule has 20 heavy (non-hydrogen) atoms. The third kappa shape index (κ3) is 3.61. The van der Waals surface area contributed by atoms with Gasteiger partial charge in [-0.05, 0) is 60.7 Å². The second kappa shape index (κ2) is 6.58. The highest BCUT2D eigenvalue weighted by Gasteiger charge is 2.02. The normalized spacial score (nSPS) is 10.6. The highest BCUT2D eigenvalue weighted by atomic mass is 16.5. The van der Waals surface area contributed by atoms with E-state index >= 15 is 0 Å². The van der Waals surface area contributed by atoms with Crippen LogP contribution in [0.25, 0.3) is 0 Å². The fourth-order valence-corrected chi connectivity index (χ4v) is 2.30. The first-order valence-corrected chi connectivity index (χ1v) is 7.00. The van der Waals surface area contributed by atoms with Gasteiger partial charge in [0.15, 0.2) is 0 Å². The van der Waals surface area contributed by atoms with E-state index < -0.39 is 0 Å². The lowest BCUT2D eigenvalue weighted by molar-refractivity contribution is 0.414. The topological polar surface area (TPSA) is 21.3 Å². The van der Waals surface area contributed by atoms with Crippen molar-refractivity contribution < 1.29 is 4.74 Å². The van der Waals surface area contributed by atoms with Crippen LogP contribution in [0.3, 0.4) is 0 Å². The van der Waals surface area contributed by atoms with Crippen molar-refractivity contribution in [1.82, 2.24) is 5.32 Å². The van der Waals surface area contributed by atoms with Crippen LogP contribution in [0.4, 0.5) is 0 Å². The van der Waals surface area contributed by atoms with Gasteiger partial charge >= 0.3 is 0 Å². The Morgan fingerprint density at radius 2 is 1.50 bits per heavy atom. The van der Waals surface area contributed by atoms with E-state index in [1.54, 1.807) is 7.11 Å². The largest absolute Gasteiger partial charge is 0.497 e. The summed E-state index contributed by atoms with van der Waals surface area (Å²) < 4.78 is 5.16. The van der Waals surface area contributed by atoms with Gasteiger partial charge in [0.05, 0.1) is 7.11 Å². The number of methoxy groups -OCH3 is 1. The van der Waals surface area contributed by atoms with Crippen molar-refractivity contribution >= 4 is 0 Å². The van der Waals surface area contributed by atoms with E-state index in [-0.39, 0.29) is 0 Å². The Kier molecular flexibility index (Phi) is 4.80. The Morgan fingerprint density at radius 3 is 2.15 bits per heavy atom. The van der Waals surface area contributed by atoms with Gasteiger partial charge in [0.2, 0.25) is 0 Å². The van der Waals surface area contributed by atoms with Crippen LogP contribution >= 0.6 is 0 Å². The number of ether oxygens (including phenoxy) is 1. The summed E-state index contributed by atoms with van der Waals surface area (Å²) in [5.74, 6) is 0.902. The highest BCUT2D eigenvalue weighted by molar-refractivity contribution is 5.36. The first-order chi connectivity index (χ1) is 9.60. The minimum Gasteiger partial charge on any atom is -0.497 e. The van der Waals surface area contributed by atoms with E-state index in [1.165, 1.54) is 27.8 Å². The molecule has 0 aliphatic carbocycles. The first-order valence-electron chi connectivity index (χ1n) is 7.00. The molecule has 1 N–H and O–H groups in total. The molecule has 0 spiro atoms. The van der Waals surface area contributed by atoms with Crippen LogP contribution in [0.1, 0.15) is 27.8 Å². The molecule has 0 amide bonds. The lowest BCUT2D eigenvalue weighted by Gasteiger charge is -2.11. The number of nitrogens with one attached hydrogen (secondary N) is 1. The van der Waals surface area contributed by atoms with E-state index in [0.29, 0.717) is 0 Å². The first kappa shape index (κ1) is 14.6.